The Kier molecular flexibility index (Phi) is 6.69. The first kappa shape index (κ1) is 17.8. The lowest BCUT2D eigenvalue weighted by atomic mass is 9.99. The Morgan fingerprint density at radius 3 is 2.41 bits per heavy atom. The zero-order chi connectivity index (χ0) is 16.7. The number of carbonyl (C=O) groups is 2. The second-order valence-corrected chi connectivity index (χ2v) is 5.53. The van der Waals surface area contributed by atoms with Gasteiger partial charge in [0.15, 0.2) is 0 Å². The van der Waals surface area contributed by atoms with Crippen molar-refractivity contribution in [3.8, 4) is 5.75 Å². The summed E-state index contributed by atoms with van der Waals surface area (Å²) in [5.41, 5.74) is 5.89. The topological polar surface area (TPSA) is 93.4 Å². The number of hydrogen-bond acceptors (Lipinski definition) is 3. The van der Waals surface area contributed by atoms with Gasteiger partial charge in [-0.05, 0) is 31.9 Å². The van der Waals surface area contributed by atoms with Crippen LogP contribution in [-0.4, -0.2) is 24.1 Å². The predicted octanol–water partition coefficient (Wildman–Crippen LogP) is 2.50. The minimum absolute atomic E-state index is 0.00973. The number of para-hydroxylation sites is 2. The van der Waals surface area contributed by atoms with Gasteiger partial charge < -0.3 is 21.1 Å². The largest absolute Gasteiger partial charge is 0.489 e. The van der Waals surface area contributed by atoms with Gasteiger partial charge in [0, 0.05) is 0 Å². The van der Waals surface area contributed by atoms with Crippen molar-refractivity contribution in [3.05, 3.63) is 24.3 Å². The number of primary amides is 1. The predicted molar refractivity (Wildman–Crippen MR) is 86.8 cm³/mol. The summed E-state index contributed by atoms with van der Waals surface area (Å²) < 4.78 is 5.63. The van der Waals surface area contributed by atoms with E-state index in [0.717, 1.165) is 6.42 Å². The molecule has 1 aromatic rings. The summed E-state index contributed by atoms with van der Waals surface area (Å²) in [6.45, 7) is 7.61. The molecule has 3 amide bonds. The third-order valence-electron chi connectivity index (χ3n) is 3.30. The lowest BCUT2D eigenvalue weighted by Gasteiger charge is -2.22. The van der Waals surface area contributed by atoms with Crippen LogP contribution in [0.25, 0.3) is 0 Å². The fraction of sp³-hybridized carbons (Fsp3) is 0.500. The average molecular weight is 307 g/mol. The smallest absolute Gasteiger partial charge is 0.320 e. The summed E-state index contributed by atoms with van der Waals surface area (Å²) in [7, 11) is 0. The van der Waals surface area contributed by atoms with Crippen LogP contribution in [0.3, 0.4) is 0 Å². The van der Waals surface area contributed by atoms with Gasteiger partial charge >= 0.3 is 6.03 Å². The highest BCUT2D eigenvalue weighted by atomic mass is 16.5. The molecule has 0 spiro atoms. The molecule has 1 aromatic carbocycles. The maximum Gasteiger partial charge on any atom is 0.320 e. The molecule has 0 fully saturated rings. The van der Waals surface area contributed by atoms with Crippen LogP contribution < -0.4 is 21.1 Å². The molecule has 122 valence electrons. The number of anilines is 1. The first-order valence-electron chi connectivity index (χ1n) is 7.47. The number of benzene rings is 1. The quantitative estimate of drug-likeness (QED) is 0.722. The second-order valence-electron chi connectivity index (χ2n) is 5.53. The van der Waals surface area contributed by atoms with E-state index >= 15 is 0 Å². The van der Waals surface area contributed by atoms with E-state index in [0.29, 0.717) is 11.4 Å². The Morgan fingerprint density at radius 2 is 1.86 bits per heavy atom. The van der Waals surface area contributed by atoms with Gasteiger partial charge in [-0.1, -0.05) is 32.4 Å². The summed E-state index contributed by atoms with van der Waals surface area (Å²) in [4.78, 5) is 23.6. The lowest BCUT2D eigenvalue weighted by molar-refractivity contribution is -0.120. The number of amides is 3. The van der Waals surface area contributed by atoms with Gasteiger partial charge in [-0.25, -0.2) is 4.79 Å². The van der Waals surface area contributed by atoms with E-state index in [1.807, 2.05) is 33.8 Å². The summed E-state index contributed by atoms with van der Waals surface area (Å²) in [6.07, 6.45) is 0.727. The van der Waals surface area contributed by atoms with E-state index in [1.54, 1.807) is 18.2 Å². The number of ether oxygens (including phenoxy) is 1. The molecule has 0 aliphatic heterocycles. The van der Waals surface area contributed by atoms with Crippen LogP contribution in [0.1, 0.15) is 34.1 Å². The van der Waals surface area contributed by atoms with Gasteiger partial charge in [-0.15, -0.1) is 0 Å². The zero-order valence-corrected chi connectivity index (χ0v) is 13.6. The Labute approximate surface area is 131 Å². The normalized spacial score (nSPS) is 13.3. The minimum Gasteiger partial charge on any atom is -0.489 e. The molecule has 6 heteroatoms. The van der Waals surface area contributed by atoms with Crippen LogP contribution in [0.15, 0.2) is 24.3 Å². The number of carbonyl (C=O) groups excluding carboxylic acids is 2. The number of nitrogens with one attached hydrogen (secondary N) is 2. The van der Waals surface area contributed by atoms with E-state index in [1.165, 1.54) is 0 Å². The number of rotatable bonds is 7. The van der Waals surface area contributed by atoms with Crippen LogP contribution in [0.5, 0.6) is 5.75 Å². The number of urea groups is 1. The molecular formula is C16H25N3O3. The van der Waals surface area contributed by atoms with Gasteiger partial charge in [0.1, 0.15) is 11.8 Å². The van der Waals surface area contributed by atoms with Gasteiger partial charge in [0.25, 0.3) is 0 Å². The molecule has 1 rings (SSSR count). The summed E-state index contributed by atoms with van der Waals surface area (Å²) in [6, 6.07) is 5.94. The highest BCUT2D eigenvalue weighted by molar-refractivity contribution is 5.94. The standard InChI is InChI=1S/C16H25N3O3/c1-5-11(4)14(15(17)20)19-16(21)18-12-8-6-7-9-13(12)22-10(2)3/h6-11,14H,5H2,1-4H3,(H2,17,20)(H2,18,19,21)/t11-,14+/m0/s1. The van der Waals surface area contributed by atoms with Crippen LogP contribution in [-0.2, 0) is 4.79 Å². The molecule has 2 atom stereocenters. The molecule has 4 N–H and O–H groups in total. The molecule has 6 nitrogen and oxygen atoms in total. The second kappa shape index (κ2) is 8.26. The molecule has 0 saturated carbocycles. The highest BCUT2D eigenvalue weighted by Gasteiger charge is 2.23. The molecule has 0 unspecified atom stereocenters. The van der Waals surface area contributed by atoms with Crippen molar-refractivity contribution in [1.82, 2.24) is 5.32 Å². The Bertz CT molecular complexity index is 517. The molecule has 0 aromatic heterocycles. The van der Waals surface area contributed by atoms with Crippen molar-refractivity contribution < 1.29 is 14.3 Å². The summed E-state index contributed by atoms with van der Waals surface area (Å²) in [5.74, 6) is -0.00608. The number of hydrogen-bond donors (Lipinski definition) is 3. The Morgan fingerprint density at radius 1 is 1.23 bits per heavy atom. The van der Waals surface area contributed by atoms with E-state index in [9.17, 15) is 9.59 Å². The van der Waals surface area contributed by atoms with Crippen molar-refractivity contribution in [2.45, 2.75) is 46.3 Å². The maximum absolute atomic E-state index is 12.1. The molecule has 0 bridgehead atoms. The fourth-order valence-corrected chi connectivity index (χ4v) is 1.96. The molecule has 0 aliphatic carbocycles. The molecule has 0 radical (unpaired) electrons. The van der Waals surface area contributed by atoms with E-state index in [4.69, 9.17) is 10.5 Å². The third kappa shape index (κ3) is 5.27. The van der Waals surface area contributed by atoms with Crippen LogP contribution >= 0.6 is 0 Å². The van der Waals surface area contributed by atoms with E-state index in [-0.39, 0.29) is 12.0 Å². The Balaban J connectivity index is 2.78. The molecular weight excluding hydrogens is 282 g/mol. The van der Waals surface area contributed by atoms with Crippen molar-refractivity contribution in [1.29, 1.82) is 0 Å². The van der Waals surface area contributed by atoms with Crippen LogP contribution in [0.2, 0.25) is 0 Å². The van der Waals surface area contributed by atoms with Crippen molar-refractivity contribution in [2.24, 2.45) is 11.7 Å². The minimum atomic E-state index is -0.705. The molecule has 0 aliphatic rings. The first-order valence-corrected chi connectivity index (χ1v) is 7.47. The maximum atomic E-state index is 12.1. The van der Waals surface area contributed by atoms with Crippen LogP contribution in [0, 0.1) is 5.92 Å². The van der Waals surface area contributed by atoms with Crippen LogP contribution in [0.4, 0.5) is 10.5 Å². The monoisotopic (exact) mass is 307 g/mol. The summed E-state index contributed by atoms with van der Waals surface area (Å²) in [5, 5.41) is 5.31. The zero-order valence-electron chi connectivity index (χ0n) is 13.6. The van der Waals surface area contributed by atoms with Crippen molar-refractivity contribution in [2.75, 3.05) is 5.32 Å². The van der Waals surface area contributed by atoms with E-state index in [2.05, 4.69) is 10.6 Å². The van der Waals surface area contributed by atoms with Crippen molar-refractivity contribution >= 4 is 17.6 Å². The average Bonchev–Trinajstić information content (AvgIpc) is 2.45. The van der Waals surface area contributed by atoms with Gasteiger partial charge in [-0.2, -0.15) is 0 Å². The third-order valence-corrected chi connectivity index (χ3v) is 3.30. The highest BCUT2D eigenvalue weighted by Crippen LogP contribution is 2.24. The molecule has 22 heavy (non-hydrogen) atoms. The lowest BCUT2D eigenvalue weighted by Crippen LogP contribution is -2.49. The molecule has 0 heterocycles. The molecule has 0 saturated heterocycles. The van der Waals surface area contributed by atoms with Gasteiger partial charge in [-0.3, -0.25) is 4.79 Å². The van der Waals surface area contributed by atoms with Gasteiger partial charge in [0.05, 0.1) is 11.8 Å². The summed E-state index contributed by atoms with van der Waals surface area (Å²) >= 11 is 0. The SMILES string of the molecule is CC[C@H](C)[C@@H](NC(=O)Nc1ccccc1OC(C)C)C(N)=O. The van der Waals surface area contributed by atoms with Crippen molar-refractivity contribution in [3.63, 3.8) is 0 Å². The van der Waals surface area contributed by atoms with Gasteiger partial charge in [0.2, 0.25) is 5.91 Å². The fourth-order valence-electron chi connectivity index (χ4n) is 1.96. The first-order chi connectivity index (χ1) is 10.3. The number of nitrogens with two attached hydrogens (primary N) is 1. The van der Waals surface area contributed by atoms with E-state index < -0.39 is 18.0 Å². The Hall–Kier alpha value is -2.24.